The van der Waals surface area contributed by atoms with E-state index in [0.29, 0.717) is 12.4 Å². The average Bonchev–Trinajstić information content (AvgIpc) is 2.28. The van der Waals surface area contributed by atoms with E-state index in [1.54, 1.807) is 30.1 Å². The molecule has 1 N–H and O–H groups in total. The number of rotatable bonds is 7. The Labute approximate surface area is 106 Å². The van der Waals surface area contributed by atoms with Gasteiger partial charge < -0.3 is 5.32 Å². The van der Waals surface area contributed by atoms with Crippen molar-refractivity contribution >= 4 is 27.4 Å². The summed E-state index contributed by atoms with van der Waals surface area (Å²) < 4.78 is 23.0. The van der Waals surface area contributed by atoms with E-state index >= 15 is 0 Å². The van der Waals surface area contributed by atoms with Gasteiger partial charge in [-0.15, -0.1) is 6.58 Å². The van der Waals surface area contributed by atoms with Gasteiger partial charge in [-0.05, 0) is 12.1 Å². The number of anilines is 1. The molecule has 0 saturated heterocycles. The summed E-state index contributed by atoms with van der Waals surface area (Å²) in [6.07, 6.45) is 4.60. The molecule has 0 aromatic carbocycles. The molecular weight excluding hydrogens is 256 g/mol. The molecule has 0 fully saturated rings. The lowest BCUT2D eigenvalue weighted by molar-refractivity contribution is 0.602. The first kappa shape index (κ1) is 14.1. The smallest absolute Gasteiger partial charge is 0.179 e. The van der Waals surface area contributed by atoms with Crippen LogP contribution < -0.4 is 5.32 Å². The second kappa shape index (κ2) is 6.66. The number of pyridine rings is 1. The Morgan fingerprint density at radius 3 is 3.00 bits per heavy atom. The number of thioether (sulfide) groups is 1. The number of hydrogen-bond acceptors (Lipinski definition) is 5. The summed E-state index contributed by atoms with van der Waals surface area (Å²) in [5.41, 5.74) is 0. The molecule has 0 unspecified atom stereocenters. The molecule has 0 aliphatic rings. The maximum absolute atomic E-state index is 11.5. The van der Waals surface area contributed by atoms with Gasteiger partial charge in [0, 0.05) is 30.5 Å². The molecule has 0 aliphatic carbocycles. The molecule has 1 aromatic rings. The highest BCUT2D eigenvalue weighted by Gasteiger charge is 2.12. The summed E-state index contributed by atoms with van der Waals surface area (Å²) in [5.74, 6) is 2.20. The van der Waals surface area contributed by atoms with Crippen molar-refractivity contribution in [2.75, 3.05) is 29.6 Å². The first-order valence-electron chi connectivity index (χ1n) is 5.13. The van der Waals surface area contributed by atoms with Crippen LogP contribution in [0.5, 0.6) is 0 Å². The van der Waals surface area contributed by atoms with E-state index in [2.05, 4.69) is 16.9 Å². The molecular formula is C11H16N2O2S2. The Balaban J connectivity index is 2.62. The third-order valence-electron chi connectivity index (χ3n) is 1.94. The van der Waals surface area contributed by atoms with Crippen LogP contribution in [0, 0.1) is 0 Å². The van der Waals surface area contributed by atoms with Gasteiger partial charge in [-0.1, -0.05) is 6.08 Å². The lowest BCUT2D eigenvalue weighted by Crippen LogP contribution is -2.10. The van der Waals surface area contributed by atoms with Crippen LogP contribution in [0.3, 0.4) is 0 Å². The van der Waals surface area contributed by atoms with Crippen LogP contribution in [0.25, 0.3) is 0 Å². The average molecular weight is 272 g/mol. The maximum Gasteiger partial charge on any atom is 0.179 e. The number of hydrogen-bond donors (Lipinski definition) is 1. The normalized spacial score (nSPS) is 11.1. The van der Waals surface area contributed by atoms with E-state index in [1.807, 2.05) is 6.08 Å². The van der Waals surface area contributed by atoms with Crippen LogP contribution in [0.2, 0.25) is 0 Å². The first-order chi connectivity index (χ1) is 8.05. The van der Waals surface area contributed by atoms with Crippen LogP contribution >= 0.6 is 11.8 Å². The molecule has 0 aliphatic heterocycles. The topological polar surface area (TPSA) is 59.1 Å². The van der Waals surface area contributed by atoms with Crippen LogP contribution in [0.1, 0.15) is 0 Å². The highest BCUT2D eigenvalue weighted by Crippen LogP contribution is 2.17. The van der Waals surface area contributed by atoms with Gasteiger partial charge >= 0.3 is 0 Å². The molecule has 1 aromatic heterocycles. The highest BCUT2D eigenvalue weighted by atomic mass is 32.2. The Kier molecular flexibility index (Phi) is 5.50. The zero-order valence-corrected chi connectivity index (χ0v) is 11.4. The van der Waals surface area contributed by atoms with Crippen LogP contribution in [0.4, 0.5) is 5.82 Å². The molecule has 0 atom stereocenters. The third-order valence-corrected chi connectivity index (χ3v) is 4.04. The summed E-state index contributed by atoms with van der Waals surface area (Å²) in [6.45, 7) is 4.31. The monoisotopic (exact) mass is 272 g/mol. The minimum atomic E-state index is -3.23. The van der Waals surface area contributed by atoms with Gasteiger partial charge in [0.15, 0.2) is 9.84 Å². The summed E-state index contributed by atoms with van der Waals surface area (Å²) in [5, 5.41) is 3.03. The molecule has 0 saturated carbocycles. The van der Waals surface area contributed by atoms with Crippen LogP contribution in [-0.4, -0.2) is 37.7 Å². The fourth-order valence-corrected chi connectivity index (χ4v) is 2.61. The fraction of sp³-hybridized carbons (Fsp3) is 0.364. The number of nitrogens with zero attached hydrogens (tertiary/aromatic N) is 1. The molecule has 0 amide bonds. The predicted molar refractivity (Wildman–Crippen MR) is 73.4 cm³/mol. The van der Waals surface area contributed by atoms with E-state index < -0.39 is 9.84 Å². The molecule has 6 heteroatoms. The molecule has 17 heavy (non-hydrogen) atoms. The van der Waals surface area contributed by atoms with E-state index in [0.717, 1.165) is 11.5 Å². The van der Waals surface area contributed by atoms with Gasteiger partial charge in [0.05, 0.1) is 0 Å². The second-order valence-corrected chi connectivity index (χ2v) is 6.55. The number of aromatic nitrogens is 1. The summed E-state index contributed by atoms with van der Waals surface area (Å²) in [6, 6.07) is 3.18. The third kappa shape index (κ3) is 4.79. The first-order valence-corrected chi connectivity index (χ1v) is 8.18. The van der Waals surface area contributed by atoms with Gasteiger partial charge in [-0.2, -0.15) is 11.8 Å². The quantitative estimate of drug-likeness (QED) is 0.606. The second-order valence-electron chi connectivity index (χ2n) is 3.41. The Morgan fingerprint density at radius 1 is 1.59 bits per heavy atom. The summed E-state index contributed by atoms with van der Waals surface area (Å²) in [7, 11) is -3.23. The minimum absolute atomic E-state index is 0.244. The molecule has 1 rings (SSSR count). The zero-order chi connectivity index (χ0) is 12.7. The minimum Gasteiger partial charge on any atom is -0.368 e. The highest BCUT2D eigenvalue weighted by molar-refractivity contribution is 7.99. The van der Waals surface area contributed by atoms with Crippen molar-refractivity contribution in [3.8, 4) is 0 Å². The van der Waals surface area contributed by atoms with Crippen molar-refractivity contribution in [3.63, 3.8) is 0 Å². The number of nitrogens with one attached hydrogen (secondary N) is 1. The molecule has 4 nitrogen and oxygen atoms in total. The Hall–Kier alpha value is -1.01. The van der Waals surface area contributed by atoms with Crippen molar-refractivity contribution in [2.24, 2.45) is 0 Å². The van der Waals surface area contributed by atoms with Gasteiger partial charge in [0.1, 0.15) is 10.7 Å². The van der Waals surface area contributed by atoms with E-state index in [4.69, 9.17) is 0 Å². The van der Waals surface area contributed by atoms with E-state index in [9.17, 15) is 8.42 Å². The van der Waals surface area contributed by atoms with Gasteiger partial charge in [-0.25, -0.2) is 13.4 Å². The maximum atomic E-state index is 11.5. The standard InChI is InChI=1S/C11H16N2O2S2/c1-3-8-16-9-7-13-11-10(17(2,14)15)5-4-6-12-11/h3-6H,1,7-9H2,2H3,(H,12,13). The summed E-state index contributed by atoms with van der Waals surface area (Å²) in [4.78, 5) is 4.29. The van der Waals surface area contributed by atoms with Crippen molar-refractivity contribution < 1.29 is 8.42 Å². The zero-order valence-electron chi connectivity index (χ0n) is 9.72. The molecule has 0 spiro atoms. The van der Waals surface area contributed by atoms with Gasteiger partial charge in [0.25, 0.3) is 0 Å². The van der Waals surface area contributed by atoms with Gasteiger partial charge in [0.2, 0.25) is 0 Å². The molecule has 0 bridgehead atoms. The fourth-order valence-electron chi connectivity index (χ4n) is 1.23. The number of sulfone groups is 1. The lowest BCUT2D eigenvalue weighted by atomic mass is 10.4. The van der Waals surface area contributed by atoms with Crippen LogP contribution in [0.15, 0.2) is 35.9 Å². The van der Waals surface area contributed by atoms with Crippen molar-refractivity contribution in [1.29, 1.82) is 0 Å². The molecule has 1 heterocycles. The van der Waals surface area contributed by atoms with Crippen molar-refractivity contribution in [3.05, 3.63) is 31.0 Å². The van der Waals surface area contributed by atoms with Crippen molar-refractivity contribution in [1.82, 2.24) is 4.98 Å². The van der Waals surface area contributed by atoms with Crippen molar-refractivity contribution in [2.45, 2.75) is 4.90 Å². The Morgan fingerprint density at radius 2 is 2.35 bits per heavy atom. The predicted octanol–water partition coefficient (Wildman–Crippen LogP) is 1.82. The van der Waals surface area contributed by atoms with E-state index in [-0.39, 0.29) is 4.90 Å². The van der Waals surface area contributed by atoms with Gasteiger partial charge in [-0.3, -0.25) is 0 Å². The van der Waals surface area contributed by atoms with E-state index in [1.165, 1.54) is 6.26 Å². The largest absolute Gasteiger partial charge is 0.368 e. The lowest BCUT2D eigenvalue weighted by Gasteiger charge is -2.08. The summed E-state index contributed by atoms with van der Waals surface area (Å²) >= 11 is 1.73. The van der Waals surface area contributed by atoms with Crippen LogP contribution in [-0.2, 0) is 9.84 Å². The molecule has 0 radical (unpaired) electrons. The SMILES string of the molecule is C=CCSCCNc1ncccc1S(C)(=O)=O. The molecule has 94 valence electrons. The Bertz CT molecular complexity index is 472.